The summed E-state index contributed by atoms with van der Waals surface area (Å²) in [5, 5.41) is 3.16. The van der Waals surface area contributed by atoms with Gasteiger partial charge in [-0.1, -0.05) is 29.8 Å². The Morgan fingerprint density at radius 3 is 2.70 bits per heavy atom. The minimum absolute atomic E-state index is 0.865. The summed E-state index contributed by atoms with van der Waals surface area (Å²) in [5.74, 6) is 0.865. The molecule has 2 aromatic rings. The Morgan fingerprint density at radius 1 is 1.15 bits per heavy atom. The number of fused-ring (bicyclic) bond motifs is 3. The van der Waals surface area contributed by atoms with Crippen LogP contribution in [0.25, 0.3) is 17.3 Å². The minimum Gasteiger partial charge on any atom is -0.371 e. The first-order valence-corrected chi connectivity index (χ1v) is 7.01. The van der Waals surface area contributed by atoms with E-state index in [-0.39, 0.29) is 0 Å². The van der Waals surface area contributed by atoms with Gasteiger partial charge >= 0.3 is 0 Å². The Hall–Kier alpha value is -2.16. The van der Waals surface area contributed by atoms with E-state index in [0.717, 1.165) is 35.7 Å². The molecule has 1 heterocycles. The summed E-state index contributed by atoms with van der Waals surface area (Å²) in [7, 11) is 1.90. The smallest absolute Gasteiger partial charge is 0.152 e. The normalized spacial score (nSPS) is 12.3. The summed E-state index contributed by atoms with van der Waals surface area (Å²) < 4.78 is 0. The van der Waals surface area contributed by atoms with Crippen molar-refractivity contribution in [2.75, 3.05) is 12.4 Å². The first-order chi connectivity index (χ1) is 9.69. The molecule has 1 N–H and O–H groups in total. The lowest BCUT2D eigenvalue weighted by Gasteiger charge is -2.19. The monoisotopic (exact) mass is 265 g/mol. The average molecular weight is 265 g/mol. The Kier molecular flexibility index (Phi) is 3.26. The first kappa shape index (κ1) is 12.9. The molecular weight excluding hydrogens is 246 g/mol. The zero-order valence-corrected chi connectivity index (χ0v) is 12.2. The van der Waals surface area contributed by atoms with Crippen molar-refractivity contribution in [1.82, 2.24) is 9.97 Å². The lowest BCUT2D eigenvalue weighted by molar-refractivity contribution is 0.878. The molecule has 0 saturated heterocycles. The van der Waals surface area contributed by atoms with Gasteiger partial charge in [-0.3, -0.25) is 0 Å². The Morgan fingerprint density at radius 2 is 1.95 bits per heavy atom. The summed E-state index contributed by atoms with van der Waals surface area (Å²) in [6, 6.07) is 8.50. The van der Waals surface area contributed by atoms with Gasteiger partial charge in [0.25, 0.3) is 0 Å². The molecular formula is C17H19N3. The molecule has 3 heteroatoms. The Bertz CT molecular complexity index is 683. The third-order valence-electron chi connectivity index (χ3n) is 3.56. The maximum Gasteiger partial charge on any atom is 0.152 e. The van der Waals surface area contributed by atoms with Crippen LogP contribution in [0.4, 0.5) is 5.82 Å². The van der Waals surface area contributed by atoms with Gasteiger partial charge in [-0.05, 0) is 38.3 Å². The van der Waals surface area contributed by atoms with E-state index in [1.807, 2.05) is 7.05 Å². The molecule has 1 aromatic heterocycles. The van der Waals surface area contributed by atoms with Crippen molar-refractivity contribution in [3.63, 3.8) is 0 Å². The third-order valence-corrected chi connectivity index (χ3v) is 3.56. The van der Waals surface area contributed by atoms with Crippen molar-refractivity contribution >= 4 is 11.9 Å². The number of anilines is 1. The number of aromatic nitrogens is 2. The number of allylic oxidation sites excluding steroid dienone is 1. The van der Waals surface area contributed by atoms with Crippen molar-refractivity contribution in [3.8, 4) is 11.3 Å². The molecule has 3 nitrogen and oxygen atoms in total. The number of benzene rings is 1. The van der Waals surface area contributed by atoms with E-state index in [1.54, 1.807) is 0 Å². The number of nitrogens with one attached hydrogen (secondary N) is 1. The number of hydrogen-bond acceptors (Lipinski definition) is 3. The topological polar surface area (TPSA) is 37.8 Å². The van der Waals surface area contributed by atoms with E-state index in [1.165, 1.54) is 16.7 Å². The largest absolute Gasteiger partial charge is 0.371 e. The molecule has 0 aliphatic heterocycles. The zero-order valence-electron chi connectivity index (χ0n) is 12.2. The van der Waals surface area contributed by atoms with Gasteiger partial charge in [0.1, 0.15) is 5.69 Å². The molecule has 0 bridgehead atoms. The van der Waals surface area contributed by atoms with Crippen LogP contribution >= 0.6 is 0 Å². The fourth-order valence-corrected chi connectivity index (χ4v) is 2.65. The first-order valence-electron chi connectivity index (χ1n) is 7.01. The van der Waals surface area contributed by atoms with Crippen LogP contribution in [0.15, 0.2) is 29.8 Å². The lowest BCUT2D eigenvalue weighted by atomic mass is 9.92. The van der Waals surface area contributed by atoms with Gasteiger partial charge in [0.2, 0.25) is 0 Å². The molecule has 0 amide bonds. The maximum absolute atomic E-state index is 4.86. The molecule has 1 aliphatic rings. The summed E-state index contributed by atoms with van der Waals surface area (Å²) in [6.45, 7) is 4.16. The molecule has 3 rings (SSSR count). The molecule has 0 radical (unpaired) electrons. The summed E-state index contributed by atoms with van der Waals surface area (Å²) in [5.41, 5.74) is 6.88. The van der Waals surface area contributed by atoms with Crippen molar-refractivity contribution in [2.45, 2.75) is 26.7 Å². The number of nitrogens with zero attached hydrogens (tertiary/aromatic N) is 2. The van der Waals surface area contributed by atoms with Crippen LogP contribution in [0.2, 0.25) is 0 Å². The quantitative estimate of drug-likeness (QED) is 0.899. The third kappa shape index (κ3) is 2.20. The summed E-state index contributed by atoms with van der Waals surface area (Å²) in [6.07, 6.45) is 4.09. The molecule has 0 atom stereocenters. The van der Waals surface area contributed by atoms with Gasteiger partial charge in [0.05, 0.1) is 11.4 Å². The molecule has 20 heavy (non-hydrogen) atoms. The van der Waals surface area contributed by atoms with Gasteiger partial charge in [0, 0.05) is 12.6 Å². The van der Waals surface area contributed by atoms with Crippen LogP contribution in [0, 0.1) is 0 Å². The second-order valence-corrected chi connectivity index (χ2v) is 5.38. The van der Waals surface area contributed by atoms with E-state index < -0.39 is 0 Å². The van der Waals surface area contributed by atoms with Crippen LogP contribution in [0.3, 0.4) is 0 Å². The maximum atomic E-state index is 4.86. The van der Waals surface area contributed by atoms with Crippen LogP contribution in [0.1, 0.15) is 30.8 Å². The highest BCUT2D eigenvalue weighted by molar-refractivity contribution is 5.72. The average Bonchev–Trinajstić information content (AvgIpc) is 2.46. The second kappa shape index (κ2) is 5.08. The number of aryl methyl sites for hydroxylation is 2. The highest BCUT2D eigenvalue weighted by Gasteiger charge is 2.20. The van der Waals surface area contributed by atoms with Crippen molar-refractivity contribution in [2.24, 2.45) is 0 Å². The van der Waals surface area contributed by atoms with Crippen molar-refractivity contribution in [1.29, 1.82) is 0 Å². The van der Waals surface area contributed by atoms with Crippen LogP contribution in [0.5, 0.6) is 0 Å². The van der Waals surface area contributed by atoms with Crippen molar-refractivity contribution in [3.05, 3.63) is 46.8 Å². The fraction of sp³-hybridized carbons (Fsp3) is 0.294. The molecule has 0 saturated carbocycles. The highest BCUT2D eigenvalue weighted by Crippen LogP contribution is 2.32. The van der Waals surface area contributed by atoms with Crippen molar-refractivity contribution < 1.29 is 0 Å². The van der Waals surface area contributed by atoms with Crippen LogP contribution in [-0.4, -0.2) is 17.0 Å². The molecule has 0 fully saturated rings. The van der Waals surface area contributed by atoms with E-state index in [0.29, 0.717) is 0 Å². The Labute approximate surface area is 119 Å². The van der Waals surface area contributed by atoms with Gasteiger partial charge in [-0.15, -0.1) is 0 Å². The summed E-state index contributed by atoms with van der Waals surface area (Å²) in [4.78, 5) is 9.63. The molecule has 1 aromatic carbocycles. The number of rotatable bonds is 2. The van der Waals surface area contributed by atoms with E-state index >= 15 is 0 Å². The van der Waals surface area contributed by atoms with Crippen LogP contribution in [-0.2, 0) is 12.8 Å². The summed E-state index contributed by atoms with van der Waals surface area (Å²) >= 11 is 0. The fourth-order valence-electron chi connectivity index (χ4n) is 2.65. The molecule has 1 aliphatic carbocycles. The SMILES string of the molecule is CNc1nc2c(nc1C=C(C)C)-c1ccccc1CC2. The second-order valence-electron chi connectivity index (χ2n) is 5.38. The Balaban J connectivity index is 2.21. The zero-order chi connectivity index (χ0) is 14.1. The molecule has 0 spiro atoms. The van der Waals surface area contributed by atoms with Gasteiger partial charge in [-0.25, -0.2) is 9.97 Å². The standard InChI is InChI=1S/C17H19N3/c1-11(2)10-15-17(18-3)20-14-9-8-12-6-4-5-7-13(12)16(14)19-15/h4-7,10H,8-9H2,1-3H3,(H,18,20). The van der Waals surface area contributed by atoms with E-state index in [9.17, 15) is 0 Å². The van der Waals surface area contributed by atoms with Crippen LogP contribution < -0.4 is 5.32 Å². The van der Waals surface area contributed by atoms with E-state index in [2.05, 4.69) is 49.5 Å². The van der Waals surface area contributed by atoms with Gasteiger partial charge < -0.3 is 5.32 Å². The van der Waals surface area contributed by atoms with E-state index in [4.69, 9.17) is 9.97 Å². The van der Waals surface area contributed by atoms with Gasteiger partial charge in [0.15, 0.2) is 5.82 Å². The lowest BCUT2D eigenvalue weighted by Crippen LogP contribution is -2.11. The predicted molar refractivity (Wildman–Crippen MR) is 83.7 cm³/mol. The number of hydrogen-bond donors (Lipinski definition) is 1. The van der Waals surface area contributed by atoms with Gasteiger partial charge in [-0.2, -0.15) is 0 Å². The predicted octanol–water partition coefficient (Wildman–Crippen LogP) is 3.71. The molecule has 102 valence electrons. The molecule has 0 unspecified atom stereocenters. The minimum atomic E-state index is 0.865. The highest BCUT2D eigenvalue weighted by atomic mass is 15.0.